The van der Waals surface area contributed by atoms with Crippen LogP contribution in [-0.4, -0.2) is 17.0 Å². The van der Waals surface area contributed by atoms with Crippen molar-refractivity contribution in [3.05, 3.63) is 33.9 Å². The lowest BCUT2D eigenvalue weighted by atomic mass is 9.97. The van der Waals surface area contributed by atoms with Gasteiger partial charge < -0.3 is 11.1 Å². The van der Waals surface area contributed by atoms with Gasteiger partial charge in [-0.15, -0.1) is 0 Å². The fourth-order valence-electron chi connectivity index (χ4n) is 2.72. The Morgan fingerprint density at radius 2 is 2.11 bits per heavy atom. The molecule has 5 heteroatoms. The zero-order chi connectivity index (χ0) is 13.2. The van der Waals surface area contributed by atoms with Crippen molar-refractivity contribution in [3.8, 4) is 0 Å². The highest BCUT2D eigenvalue weighted by atomic mass is 16.6. The summed E-state index contributed by atoms with van der Waals surface area (Å²) >= 11 is 0. The number of nitro groups is 1. The molecule has 1 saturated carbocycles. The molecule has 1 aromatic rings. The molecule has 0 unspecified atom stereocenters. The molecule has 1 aromatic carbocycles. The van der Waals surface area contributed by atoms with E-state index in [0.717, 1.165) is 25.7 Å². The molecule has 3 N–H and O–H groups in total. The van der Waals surface area contributed by atoms with Crippen LogP contribution in [0, 0.1) is 17.0 Å². The molecule has 0 heterocycles. The van der Waals surface area contributed by atoms with Crippen molar-refractivity contribution in [2.75, 3.05) is 11.9 Å². The molecule has 0 aliphatic heterocycles. The summed E-state index contributed by atoms with van der Waals surface area (Å²) in [6.45, 7) is 2.27. The van der Waals surface area contributed by atoms with E-state index in [1.165, 1.54) is 0 Å². The van der Waals surface area contributed by atoms with E-state index >= 15 is 0 Å². The maximum absolute atomic E-state index is 11.1. The molecule has 0 aromatic heterocycles. The van der Waals surface area contributed by atoms with E-state index in [0.29, 0.717) is 17.8 Å². The lowest BCUT2D eigenvalue weighted by Crippen LogP contribution is -2.42. The first kappa shape index (κ1) is 12.8. The SMILES string of the molecule is Cc1cccc(NC2(CN)CCCC2)c1[N+](=O)[O-]. The number of nitro benzene ring substituents is 1. The minimum absolute atomic E-state index is 0.164. The smallest absolute Gasteiger partial charge is 0.295 e. The van der Waals surface area contributed by atoms with E-state index in [9.17, 15) is 10.1 Å². The largest absolute Gasteiger partial charge is 0.373 e. The van der Waals surface area contributed by atoms with Crippen LogP contribution in [0.1, 0.15) is 31.2 Å². The maximum atomic E-state index is 11.1. The molecule has 0 amide bonds. The fraction of sp³-hybridized carbons (Fsp3) is 0.538. The normalized spacial score (nSPS) is 17.7. The second-order valence-electron chi connectivity index (χ2n) is 5.04. The van der Waals surface area contributed by atoms with Crippen LogP contribution < -0.4 is 11.1 Å². The minimum Gasteiger partial charge on any atom is -0.373 e. The van der Waals surface area contributed by atoms with Gasteiger partial charge in [-0.3, -0.25) is 10.1 Å². The first-order valence-corrected chi connectivity index (χ1v) is 6.30. The van der Waals surface area contributed by atoms with Crippen LogP contribution in [0.3, 0.4) is 0 Å². The standard InChI is InChI=1S/C13H19N3O2/c1-10-5-4-6-11(12(10)16(17)18)15-13(9-14)7-2-3-8-13/h4-6,15H,2-3,7-9,14H2,1H3. The van der Waals surface area contributed by atoms with Crippen molar-refractivity contribution in [1.82, 2.24) is 0 Å². The molecule has 18 heavy (non-hydrogen) atoms. The van der Waals surface area contributed by atoms with Gasteiger partial charge in [0.15, 0.2) is 0 Å². The van der Waals surface area contributed by atoms with E-state index in [1.54, 1.807) is 19.1 Å². The lowest BCUT2D eigenvalue weighted by molar-refractivity contribution is -0.384. The van der Waals surface area contributed by atoms with Crippen LogP contribution in [0.5, 0.6) is 0 Å². The fourth-order valence-corrected chi connectivity index (χ4v) is 2.72. The average Bonchev–Trinajstić information content (AvgIpc) is 2.78. The number of hydrogen-bond acceptors (Lipinski definition) is 4. The van der Waals surface area contributed by atoms with Gasteiger partial charge in [-0.1, -0.05) is 25.0 Å². The van der Waals surface area contributed by atoms with Gasteiger partial charge in [0.1, 0.15) is 5.69 Å². The third-order valence-electron chi connectivity index (χ3n) is 3.77. The summed E-state index contributed by atoms with van der Waals surface area (Å²) in [5.41, 5.74) is 7.11. The highest BCUT2D eigenvalue weighted by molar-refractivity contribution is 5.66. The Bertz CT molecular complexity index is 454. The molecular weight excluding hydrogens is 230 g/mol. The summed E-state index contributed by atoms with van der Waals surface area (Å²) in [5.74, 6) is 0. The Balaban J connectivity index is 2.34. The van der Waals surface area contributed by atoms with Gasteiger partial charge in [-0.25, -0.2) is 0 Å². The molecule has 0 radical (unpaired) electrons. The van der Waals surface area contributed by atoms with Crippen LogP contribution in [0.25, 0.3) is 0 Å². The minimum atomic E-state index is -0.323. The van der Waals surface area contributed by atoms with Gasteiger partial charge in [0.25, 0.3) is 5.69 Å². The molecular formula is C13H19N3O2. The number of rotatable bonds is 4. The van der Waals surface area contributed by atoms with Crippen molar-refractivity contribution in [3.63, 3.8) is 0 Å². The molecule has 0 bridgehead atoms. The highest BCUT2D eigenvalue weighted by Crippen LogP contribution is 2.36. The molecule has 98 valence electrons. The van der Waals surface area contributed by atoms with E-state index in [1.807, 2.05) is 6.07 Å². The van der Waals surface area contributed by atoms with Crippen LogP contribution in [0.4, 0.5) is 11.4 Å². The molecule has 1 fully saturated rings. The monoisotopic (exact) mass is 249 g/mol. The third kappa shape index (κ3) is 2.31. The maximum Gasteiger partial charge on any atom is 0.295 e. The van der Waals surface area contributed by atoms with Crippen molar-refractivity contribution < 1.29 is 4.92 Å². The number of anilines is 1. The van der Waals surface area contributed by atoms with Gasteiger partial charge in [0.2, 0.25) is 0 Å². The van der Waals surface area contributed by atoms with Crippen LogP contribution in [-0.2, 0) is 0 Å². The molecule has 0 atom stereocenters. The zero-order valence-electron chi connectivity index (χ0n) is 10.6. The number of benzene rings is 1. The number of aryl methyl sites for hydroxylation is 1. The van der Waals surface area contributed by atoms with Gasteiger partial charge in [-0.05, 0) is 25.8 Å². The molecule has 2 rings (SSSR count). The topological polar surface area (TPSA) is 81.2 Å². The van der Waals surface area contributed by atoms with Gasteiger partial charge >= 0.3 is 0 Å². The van der Waals surface area contributed by atoms with Crippen molar-refractivity contribution >= 4 is 11.4 Å². The van der Waals surface area contributed by atoms with Gasteiger partial charge in [-0.2, -0.15) is 0 Å². The third-order valence-corrected chi connectivity index (χ3v) is 3.77. The van der Waals surface area contributed by atoms with E-state index < -0.39 is 0 Å². The summed E-state index contributed by atoms with van der Waals surface area (Å²) in [6.07, 6.45) is 4.22. The van der Waals surface area contributed by atoms with Crippen LogP contribution in [0.2, 0.25) is 0 Å². The molecule has 1 aliphatic carbocycles. The van der Waals surface area contributed by atoms with Crippen LogP contribution >= 0.6 is 0 Å². The average molecular weight is 249 g/mol. The van der Waals surface area contributed by atoms with Crippen LogP contribution in [0.15, 0.2) is 18.2 Å². The zero-order valence-corrected chi connectivity index (χ0v) is 10.6. The Hall–Kier alpha value is -1.62. The Morgan fingerprint density at radius 3 is 2.67 bits per heavy atom. The van der Waals surface area contributed by atoms with E-state index in [-0.39, 0.29) is 16.1 Å². The van der Waals surface area contributed by atoms with E-state index in [2.05, 4.69) is 5.32 Å². The molecule has 1 aliphatic rings. The van der Waals surface area contributed by atoms with E-state index in [4.69, 9.17) is 5.73 Å². The second kappa shape index (κ2) is 4.94. The Labute approximate surface area is 107 Å². The number of para-hydroxylation sites is 1. The lowest BCUT2D eigenvalue weighted by Gasteiger charge is -2.29. The van der Waals surface area contributed by atoms with Gasteiger partial charge in [0, 0.05) is 17.6 Å². The second-order valence-corrected chi connectivity index (χ2v) is 5.04. The first-order valence-electron chi connectivity index (χ1n) is 6.30. The Kier molecular flexibility index (Phi) is 3.52. The summed E-state index contributed by atoms with van der Waals surface area (Å²) < 4.78 is 0. The number of nitrogens with one attached hydrogen (secondary N) is 1. The van der Waals surface area contributed by atoms with Crippen molar-refractivity contribution in [2.24, 2.45) is 5.73 Å². The number of nitrogens with zero attached hydrogens (tertiary/aromatic N) is 1. The van der Waals surface area contributed by atoms with Gasteiger partial charge in [0.05, 0.1) is 4.92 Å². The molecule has 0 saturated heterocycles. The number of hydrogen-bond donors (Lipinski definition) is 2. The predicted molar refractivity (Wildman–Crippen MR) is 71.7 cm³/mol. The summed E-state index contributed by atoms with van der Waals surface area (Å²) in [6, 6.07) is 5.36. The predicted octanol–water partition coefficient (Wildman–Crippen LogP) is 2.59. The van der Waals surface area contributed by atoms with Crippen molar-refractivity contribution in [2.45, 2.75) is 38.1 Å². The van der Waals surface area contributed by atoms with Crippen molar-refractivity contribution in [1.29, 1.82) is 0 Å². The summed E-state index contributed by atoms with van der Waals surface area (Å²) in [5, 5.41) is 14.5. The first-order chi connectivity index (χ1) is 8.58. The quantitative estimate of drug-likeness (QED) is 0.634. The highest BCUT2D eigenvalue weighted by Gasteiger charge is 2.34. The Morgan fingerprint density at radius 1 is 1.44 bits per heavy atom. The molecule has 5 nitrogen and oxygen atoms in total. The number of nitrogens with two attached hydrogens (primary N) is 1. The summed E-state index contributed by atoms with van der Waals surface area (Å²) in [7, 11) is 0. The summed E-state index contributed by atoms with van der Waals surface area (Å²) in [4.78, 5) is 10.8. The molecule has 0 spiro atoms.